The summed E-state index contributed by atoms with van der Waals surface area (Å²) in [6.45, 7) is 9.12. The monoisotopic (exact) mass is 822 g/mol. The minimum Gasteiger partial charge on any atom is -0.330 e. The molecule has 0 saturated heterocycles. The molecule has 11 nitrogen and oxygen atoms in total. The molecule has 8 rings (SSSR count). The summed E-state index contributed by atoms with van der Waals surface area (Å²) >= 11 is 6.82. The van der Waals surface area contributed by atoms with Gasteiger partial charge in [0, 0.05) is 61.8 Å². The Morgan fingerprint density at radius 3 is 1.54 bits per heavy atom. The molecular weight excluding hydrogens is 788 g/mol. The molecule has 264 valence electrons. The van der Waals surface area contributed by atoms with Crippen molar-refractivity contribution in [2.45, 2.75) is 64.5 Å². The Balaban J connectivity index is 1.01. The Labute approximate surface area is 317 Å². The molecule has 2 amide bonds. The predicted octanol–water partition coefficient (Wildman–Crippen LogP) is 7.29. The van der Waals surface area contributed by atoms with Gasteiger partial charge in [-0.3, -0.25) is 14.4 Å². The molecule has 0 fully saturated rings. The van der Waals surface area contributed by atoms with Gasteiger partial charge in [-0.1, -0.05) is 50.2 Å². The summed E-state index contributed by atoms with van der Waals surface area (Å²) in [5, 5.41) is 8.98. The van der Waals surface area contributed by atoms with E-state index in [0.29, 0.717) is 48.6 Å². The van der Waals surface area contributed by atoms with Gasteiger partial charge in [0.05, 0.1) is 21.0 Å². The third-order valence-electron chi connectivity index (χ3n) is 10.8. The molecule has 2 aliphatic rings. The zero-order chi connectivity index (χ0) is 36.4. The number of fused-ring (bicyclic) bond motifs is 4. The number of carbonyl (C=O) groups is 3. The van der Waals surface area contributed by atoms with E-state index in [1.807, 2.05) is 49.6 Å². The number of hydrogen-bond acceptors (Lipinski definition) is 7. The SMILES string of the molecule is CC(C(=O)C(C)c1cccc2c1CCN(C(=O)c1cc3ncc(Br)cn3n1)C2C)c1cccc2c1CCN(C(=O)c1cc3ncc(Br)cn3n1)C2C. The van der Waals surface area contributed by atoms with Gasteiger partial charge in [0.25, 0.3) is 11.8 Å². The van der Waals surface area contributed by atoms with Gasteiger partial charge in [-0.2, -0.15) is 10.2 Å². The van der Waals surface area contributed by atoms with E-state index in [2.05, 4.69) is 76.3 Å². The molecule has 0 spiro atoms. The summed E-state index contributed by atoms with van der Waals surface area (Å²) in [5.74, 6) is -0.836. The summed E-state index contributed by atoms with van der Waals surface area (Å²) in [7, 11) is 0. The second-order valence-electron chi connectivity index (χ2n) is 13.7. The summed E-state index contributed by atoms with van der Waals surface area (Å²) in [6.07, 6.45) is 8.22. The lowest BCUT2D eigenvalue weighted by atomic mass is 9.78. The fourth-order valence-corrected chi connectivity index (χ4v) is 8.65. The average molecular weight is 825 g/mol. The molecule has 6 heterocycles. The van der Waals surface area contributed by atoms with Crippen LogP contribution in [0.2, 0.25) is 0 Å². The zero-order valence-corrected chi connectivity index (χ0v) is 32.3. The molecule has 6 aromatic rings. The van der Waals surface area contributed by atoms with Crippen LogP contribution in [0.25, 0.3) is 11.3 Å². The van der Waals surface area contributed by atoms with Crippen molar-refractivity contribution in [3.8, 4) is 0 Å². The second kappa shape index (κ2) is 13.3. The van der Waals surface area contributed by atoms with Gasteiger partial charge < -0.3 is 9.80 Å². The number of Topliss-reactive ketones (excluding diaryl/α,β-unsaturated/α-hetero) is 1. The highest BCUT2D eigenvalue weighted by atomic mass is 79.9. The van der Waals surface area contributed by atoms with Gasteiger partial charge in [0.15, 0.2) is 22.7 Å². The van der Waals surface area contributed by atoms with Crippen molar-refractivity contribution in [3.63, 3.8) is 0 Å². The van der Waals surface area contributed by atoms with Crippen LogP contribution in [0.15, 0.2) is 82.3 Å². The largest absolute Gasteiger partial charge is 0.330 e. The molecule has 13 heteroatoms. The fourth-order valence-electron chi connectivity index (χ4n) is 8.05. The van der Waals surface area contributed by atoms with E-state index in [4.69, 9.17) is 0 Å². The van der Waals surface area contributed by atoms with Gasteiger partial charge in [-0.05, 0) is 91.9 Å². The Bertz CT molecular complexity index is 2260. The quantitative estimate of drug-likeness (QED) is 0.173. The first kappa shape index (κ1) is 34.3. The van der Waals surface area contributed by atoms with E-state index in [9.17, 15) is 14.4 Å². The lowest BCUT2D eigenvalue weighted by Crippen LogP contribution is -2.40. The summed E-state index contributed by atoms with van der Waals surface area (Å²) in [4.78, 5) is 54.1. The smallest absolute Gasteiger partial charge is 0.274 e. The third kappa shape index (κ3) is 5.83. The molecular formula is C39H36Br2N8O3. The molecule has 2 aromatic carbocycles. The van der Waals surface area contributed by atoms with Crippen molar-refractivity contribution < 1.29 is 14.4 Å². The van der Waals surface area contributed by atoms with Gasteiger partial charge in [0.2, 0.25) is 0 Å². The second-order valence-corrected chi connectivity index (χ2v) is 15.6. The highest BCUT2D eigenvalue weighted by Gasteiger charge is 2.36. The fraction of sp³-hybridized carbons (Fsp3) is 0.308. The van der Waals surface area contributed by atoms with Gasteiger partial charge >= 0.3 is 0 Å². The Hall–Kier alpha value is -4.75. The molecule has 0 saturated carbocycles. The predicted molar refractivity (Wildman–Crippen MR) is 202 cm³/mol. The van der Waals surface area contributed by atoms with Crippen molar-refractivity contribution >= 4 is 60.8 Å². The molecule has 4 atom stereocenters. The molecule has 0 bridgehead atoms. The minimum atomic E-state index is -0.346. The normalized spacial score (nSPS) is 18.3. The lowest BCUT2D eigenvalue weighted by Gasteiger charge is -2.37. The highest BCUT2D eigenvalue weighted by molar-refractivity contribution is 9.10. The van der Waals surface area contributed by atoms with Crippen molar-refractivity contribution in [1.82, 2.24) is 39.0 Å². The van der Waals surface area contributed by atoms with E-state index in [1.54, 1.807) is 46.0 Å². The Kier molecular flexibility index (Phi) is 8.81. The van der Waals surface area contributed by atoms with Crippen LogP contribution in [-0.2, 0) is 17.6 Å². The van der Waals surface area contributed by atoms with Crippen LogP contribution in [0.5, 0.6) is 0 Å². The molecule has 0 radical (unpaired) electrons. The van der Waals surface area contributed by atoms with E-state index in [0.717, 1.165) is 42.3 Å². The molecule has 0 aliphatic carbocycles. The Morgan fingerprint density at radius 1 is 0.692 bits per heavy atom. The maximum Gasteiger partial charge on any atom is 0.274 e. The topological polar surface area (TPSA) is 118 Å². The molecule has 4 unspecified atom stereocenters. The molecule has 4 aromatic heterocycles. The van der Waals surface area contributed by atoms with Crippen LogP contribution in [0.1, 0.15) is 106 Å². The summed E-state index contributed by atoms with van der Waals surface area (Å²) in [6, 6.07) is 15.3. The van der Waals surface area contributed by atoms with Crippen molar-refractivity contribution in [2.75, 3.05) is 13.1 Å². The first-order chi connectivity index (χ1) is 25.0. The van der Waals surface area contributed by atoms with Gasteiger partial charge in [0.1, 0.15) is 5.78 Å². The van der Waals surface area contributed by atoms with Crippen molar-refractivity contribution in [3.05, 3.63) is 127 Å². The van der Waals surface area contributed by atoms with E-state index in [1.165, 1.54) is 0 Å². The zero-order valence-electron chi connectivity index (χ0n) is 29.1. The van der Waals surface area contributed by atoms with Crippen molar-refractivity contribution in [2.24, 2.45) is 0 Å². The number of carbonyl (C=O) groups excluding carboxylic acids is 3. The van der Waals surface area contributed by atoms with Crippen LogP contribution in [-0.4, -0.2) is 69.7 Å². The number of amides is 2. The van der Waals surface area contributed by atoms with Crippen LogP contribution in [0.4, 0.5) is 0 Å². The minimum absolute atomic E-state index is 0.144. The first-order valence-electron chi connectivity index (χ1n) is 17.4. The number of aromatic nitrogens is 6. The molecule has 2 aliphatic heterocycles. The number of benzene rings is 2. The Morgan fingerprint density at radius 2 is 1.12 bits per heavy atom. The van der Waals surface area contributed by atoms with E-state index >= 15 is 0 Å². The molecule has 52 heavy (non-hydrogen) atoms. The standard InChI is InChI=1S/C39H36Br2N8O3/c1-21(27-7-5-9-29-23(3)46(13-11-31(27)29)38(51)33-15-35-42-17-25(40)19-48(35)44-33)37(50)22(2)28-8-6-10-30-24(4)47(14-12-32(28)30)39(52)34-16-36-43-18-26(41)20-49(36)45-34/h5-10,15-24H,11-14H2,1-4H3. The number of nitrogens with zero attached hydrogens (tertiary/aromatic N) is 8. The van der Waals surface area contributed by atoms with E-state index < -0.39 is 0 Å². The van der Waals surface area contributed by atoms with Gasteiger partial charge in [-0.25, -0.2) is 19.0 Å². The van der Waals surface area contributed by atoms with Crippen LogP contribution >= 0.6 is 31.9 Å². The highest BCUT2D eigenvalue weighted by Crippen LogP contribution is 2.39. The van der Waals surface area contributed by atoms with Crippen LogP contribution < -0.4 is 0 Å². The van der Waals surface area contributed by atoms with Crippen LogP contribution in [0.3, 0.4) is 0 Å². The van der Waals surface area contributed by atoms with E-state index in [-0.39, 0.29) is 41.5 Å². The third-order valence-corrected chi connectivity index (χ3v) is 11.7. The lowest BCUT2D eigenvalue weighted by molar-refractivity contribution is -0.121. The number of ketones is 1. The number of halogens is 2. The first-order valence-corrected chi connectivity index (χ1v) is 19.0. The number of rotatable bonds is 6. The maximum atomic E-state index is 14.3. The van der Waals surface area contributed by atoms with Gasteiger partial charge in [-0.15, -0.1) is 0 Å². The summed E-state index contributed by atoms with van der Waals surface area (Å²) < 4.78 is 4.76. The average Bonchev–Trinajstić information content (AvgIpc) is 3.77. The maximum absolute atomic E-state index is 14.3. The molecule has 0 N–H and O–H groups in total. The number of hydrogen-bond donors (Lipinski definition) is 0. The summed E-state index contributed by atoms with van der Waals surface area (Å²) in [5.41, 5.74) is 8.33. The van der Waals surface area contributed by atoms with Crippen molar-refractivity contribution in [1.29, 1.82) is 0 Å². The van der Waals surface area contributed by atoms with Crippen LogP contribution in [0, 0.1) is 0 Å².